The number of hydrogen-bond donors (Lipinski definition) is 3. The molecule has 0 saturated heterocycles. The number of benzene rings is 1. The molecule has 0 saturated carbocycles. The summed E-state index contributed by atoms with van der Waals surface area (Å²) >= 11 is 0. The number of nitrogens with zero attached hydrogens (tertiary/aromatic N) is 4. The minimum absolute atomic E-state index is 0.0112. The monoisotopic (exact) mass is 537 g/mol. The number of nitrogens with one attached hydrogen (secondary N) is 3. The van der Waals surface area contributed by atoms with Crippen LogP contribution >= 0.6 is 0 Å². The third-order valence-electron chi connectivity index (χ3n) is 5.95. The van der Waals surface area contributed by atoms with Crippen LogP contribution in [-0.4, -0.2) is 39.1 Å². The molecule has 3 N–H and O–H groups in total. The number of H-pyrrole nitrogens is 1. The van der Waals surface area contributed by atoms with Crippen LogP contribution in [0, 0.1) is 13.8 Å². The van der Waals surface area contributed by atoms with Crippen LogP contribution in [0.3, 0.4) is 0 Å². The SMILES string of the molecule is Cc1nc2c(-c3noc(=O)[nH]3)cnn2c(C)c1CCC(=O)Nc1cccc(S(=O)(=O)NCc2ccco2)c1. The van der Waals surface area contributed by atoms with Crippen molar-refractivity contribution in [2.75, 3.05) is 5.32 Å². The smallest absolute Gasteiger partial charge is 0.439 e. The lowest BCUT2D eigenvalue weighted by Gasteiger charge is -2.12. The van der Waals surface area contributed by atoms with Crippen molar-refractivity contribution in [3.8, 4) is 11.4 Å². The Morgan fingerprint density at radius 3 is 2.76 bits per heavy atom. The van der Waals surface area contributed by atoms with Crippen molar-refractivity contribution in [1.82, 2.24) is 29.5 Å². The molecule has 0 atom stereocenters. The molecule has 4 aromatic heterocycles. The third kappa shape index (κ3) is 5.12. The van der Waals surface area contributed by atoms with Crippen molar-refractivity contribution in [2.45, 2.75) is 38.1 Å². The molecule has 1 amide bonds. The Kier molecular flexibility index (Phi) is 6.65. The Morgan fingerprint density at radius 2 is 2.03 bits per heavy atom. The van der Waals surface area contributed by atoms with Crippen LogP contribution in [0.5, 0.6) is 0 Å². The van der Waals surface area contributed by atoms with E-state index in [9.17, 15) is 18.0 Å². The molecule has 0 aliphatic rings. The summed E-state index contributed by atoms with van der Waals surface area (Å²) in [5.74, 6) is -0.258. The van der Waals surface area contributed by atoms with Gasteiger partial charge >= 0.3 is 5.76 Å². The molecule has 38 heavy (non-hydrogen) atoms. The number of hydrogen-bond acceptors (Lipinski definition) is 9. The van der Waals surface area contributed by atoms with Crippen LogP contribution in [0.2, 0.25) is 0 Å². The van der Waals surface area contributed by atoms with E-state index in [0.29, 0.717) is 34.8 Å². The summed E-state index contributed by atoms with van der Waals surface area (Å²) in [4.78, 5) is 31.2. The summed E-state index contributed by atoms with van der Waals surface area (Å²) in [6, 6.07) is 9.35. The number of carbonyl (C=O) groups excluding carboxylic acids is 1. The van der Waals surface area contributed by atoms with Crippen molar-refractivity contribution < 1.29 is 22.2 Å². The zero-order chi connectivity index (χ0) is 26.9. The van der Waals surface area contributed by atoms with E-state index in [1.165, 1.54) is 24.6 Å². The Labute approximate surface area is 215 Å². The van der Waals surface area contributed by atoms with E-state index in [1.807, 2.05) is 13.8 Å². The Balaban J connectivity index is 1.27. The van der Waals surface area contributed by atoms with Crippen molar-refractivity contribution in [1.29, 1.82) is 0 Å². The molecule has 14 heteroatoms. The first kappa shape index (κ1) is 25.1. The van der Waals surface area contributed by atoms with Gasteiger partial charge in [0, 0.05) is 23.5 Å². The molecular weight excluding hydrogens is 514 g/mol. The lowest BCUT2D eigenvalue weighted by Crippen LogP contribution is -2.23. The normalized spacial score (nSPS) is 11.7. The number of fused-ring (bicyclic) bond motifs is 1. The molecule has 1 aromatic carbocycles. The van der Waals surface area contributed by atoms with Crippen LogP contribution in [0.25, 0.3) is 17.0 Å². The van der Waals surface area contributed by atoms with E-state index < -0.39 is 15.8 Å². The first-order chi connectivity index (χ1) is 18.2. The summed E-state index contributed by atoms with van der Waals surface area (Å²) in [7, 11) is -3.81. The Bertz CT molecular complexity index is 1780. The van der Waals surface area contributed by atoms with Crippen molar-refractivity contribution >= 4 is 27.3 Å². The highest BCUT2D eigenvalue weighted by atomic mass is 32.2. The number of aryl methyl sites for hydroxylation is 2. The standard InChI is InChI=1S/C24H23N7O6S/c1-14-19(15(2)31-23(27-14)20(13-25-31)22-29-24(33)37-30-22)8-9-21(32)28-16-5-3-7-18(11-16)38(34,35)26-12-17-6-4-10-36-17/h3-7,10-11,13,26H,8-9,12H2,1-2H3,(H,28,32)(H,29,30,33). The van der Waals surface area contributed by atoms with Crippen LogP contribution in [0.15, 0.2) is 67.5 Å². The summed E-state index contributed by atoms with van der Waals surface area (Å²) in [6.07, 6.45) is 3.51. The molecule has 196 valence electrons. The van der Waals surface area contributed by atoms with Crippen LogP contribution in [0.1, 0.15) is 29.1 Å². The number of carbonyl (C=O) groups is 1. The van der Waals surface area contributed by atoms with E-state index in [1.54, 1.807) is 28.8 Å². The fourth-order valence-electron chi connectivity index (χ4n) is 4.05. The molecule has 0 bridgehead atoms. The second-order valence-corrected chi connectivity index (χ2v) is 10.2. The second kappa shape index (κ2) is 10.1. The number of sulfonamides is 1. The van der Waals surface area contributed by atoms with Gasteiger partial charge in [-0.2, -0.15) is 5.10 Å². The minimum Gasteiger partial charge on any atom is -0.468 e. The predicted molar refractivity (Wildman–Crippen MR) is 135 cm³/mol. The molecule has 0 spiro atoms. The average Bonchev–Trinajstić information content (AvgIpc) is 3.64. The van der Waals surface area contributed by atoms with Gasteiger partial charge in [-0.15, -0.1) is 0 Å². The third-order valence-corrected chi connectivity index (χ3v) is 7.35. The van der Waals surface area contributed by atoms with Crippen molar-refractivity contribution in [3.05, 3.63) is 82.1 Å². The van der Waals surface area contributed by atoms with Gasteiger partial charge < -0.3 is 9.73 Å². The number of amides is 1. The van der Waals surface area contributed by atoms with Gasteiger partial charge in [0.05, 0.1) is 29.5 Å². The highest BCUT2D eigenvalue weighted by Crippen LogP contribution is 2.24. The van der Waals surface area contributed by atoms with Gasteiger partial charge in [-0.05, 0) is 56.2 Å². The van der Waals surface area contributed by atoms with Crippen molar-refractivity contribution in [2.24, 2.45) is 0 Å². The second-order valence-electron chi connectivity index (χ2n) is 8.48. The fourth-order valence-corrected chi connectivity index (χ4v) is 5.09. The Morgan fingerprint density at radius 1 is 1.18 bits per heavy atom. The van der Waals surface area contributed by atoms with Crippen LogP contribution in [-0.2, 0) is 27.8 Å². The summed E-state index contributed by atoms with van der Waals surface area (Å²) in [5, 5.41) is 10.8. The lowest BCUT2D eigenvalue weighted by atomic mass is 10.1. The molecule has 0 radical (unpaired) electrons. The van der Waals surface area contributed by atoms with Gasteiger partial charge in [-0.1, -0.05) is 11.2 Å². The summed E-state index contributed by atoms with van der Waals surface area (Å²) in [5.41, 5.74) is 3.70. The first-order valence-corrected chi connectivity index (χ1v) is 13.0. The van der Waals surface area contributed by atoms with E-state index in [4.69, 9.17) is 4.42 Å². The molecule has 5 aromatic rings. The van der Waals surface area contributed by atoms with Gasteiger partial charge in [-0.3, -0.25) is 14.3 Å². The minimum atomic E-state index is -3.81. The van der Waals surface area contributed by atoms with Crippen LogP contribution < -0.4 is 15.8 Å². The summed E-state index contributed by atoms with van der Waals surface area (Å²) in [6.45, 7) is 3.70. The van der Waals surface area contributed by atoms with E-state index in [-0.39, 0.29) is 29.6 Å². The number of rotatable bonds is 9. The van der Waals surface area contributed by atoms with E-state index >= 15 is 0 Å². The molecule has 0 aliphatic heterocycles. The van der Waals surface area contributed by atoms with Crippen molar-refractivity contribution in [3.63, 3.8) is 0 Å². The molecule has 0 unspecified atom stereocenters. The maximum Gasteiger partial charge on any atom is 0.439 e. The highest BCUT2D eigenvalue weighted by Gasteiger charge is 2.19. The maximum absolute atomic E-state index is 12.7. The van der Waals surface area contributed by atoms with Crippen LogP contribution in [0.4, 0.5) is 5.69 Å². The zero-order valence-electron chi connectivity index (χ0n) is 20.4. The number of aromatic amines is 1. The fraction of sp³-hybridized carbons (Fsp3) is 0.208. The van der Waals surface area contributed by atoms with Gasteiger partial charge in [-0.25, -0.2) is 27.4 Å². The zero-order valence-corrected chi connectivity index (χ0v) is 21.2. The topological polar surface area (TPSA) is 177 Å². The largest absolute Gasteiger partial charge is 0.468 e. The van der Waals surface area contributed by atoms with Gasteiger partial charge in [0.15, 0.2) is 11.5 Å². The average molecular weight is 538 g/mol. The number of anilines is 1. The van der Waals surface area contributed by atoms with Gasteiger partial charge in [0.2, 0.25) is 15.9 Å². The van der Waals surface area contributed by atoms with E-state index in [2.05, 4.69) is 34.8 Å². The van der Waals surface area contributed by atoms with E-state index in [0.717, 1.165) is 11.3 Å². The summed E-state index contributed by atoms with van der Waals surface area (Å²) < 4.78 is 39.1. The quantitative estimate of drug-likeness (QED) is 0.254. The molecule has 13 nitrogen and oxygen atoms in total. The molecule has 5 rings (SSSR count). The number of aromatic nitrogens is 5. The lowest BCUT2D eigenvalue weighted by molar-refractivity contribution is -0.116. The molecule has 0 aliphatic carbocycles. The molecular formula is C24H23N7O6S. The molecule has 4 heterocycles. The Hall–Kier alpha value is -4.56. The maximum atomic E-state index is 12.7. The first-order valence-electron chi connectivity index (χ1n) is 11.5. The highest BCUT2D eigenvalue weighted by molar-refractivity contribution is 7.89. The number of furan rings is 1. The van der Waals surface area contributed by atoms with Gasteiger partial charge in [0.1, 0.15) is 5.76 Å². The van der Waals surface area contributed by atoms with Gasteiger partial charge in [0.25, 0.3) is 0 Å². The predicted octanol–water partition coefficient (Wildman–Crippen LogP) is 2.33. The molecule has 0 fully saturated rings.